The van der Waals surface area contributed by atoms with Crippen molar-refractivity contribution in [1.82, 2.24) is 4.90 Å². The molecule has 0 aromatic rings. The molecule has 0 aliphatic heterocycles. The van der Waals surface area contributed by atoms with Gasteiger partial charge in [-0.3, -0.25) is 0 Å². The van der Waals surface area contributed by atoms with Crippen molar-refractivity contribution in [1.29, 1.82) is 0 Å². The summed E-state index contributed by atoms with van der Waals surface area (Å²) in [6, 6.07) is 0. The van der Waals surface area contributed by atoms with Crippen LogP contribution in [0.25, 0.3) is 0 Å². The van der Waals surface area contributed by atoms with Gasteiger partial charge in [0.1, 0.15) is 0 Å². The Bertz CT molecular complexity index is 136. The minimum atomic E-state index is -1.09. The Labute approximate surface area is 105 Å². The van der Waals surface area contributed by atoms with Crippen LogP contribution in [-0.2, 0) is 0 Å². The number of hydrogen-bond donors (Lipinski definition) is 0. The van der Waals surface area contributed by atoms with E-state index in [2.05, 4.69) is 39.6 Å². The van der Waals surface area contributed by atoms with Crippen molar-refractivity contribution in [3.8, 4) is 0 Å². The van der Waals surface area contributed by atoms with Crippen LogP contribution in [0.2, 0.25) is 12.0 Å². The Morgan fingerprint density at radius 1 is 1.07 bits per heavy atom. The Hall–Kier alpha value is 0.830. The first-order chi connectivity index (χ1) is 7.11. The maximum absolute atomic E-state index is 2.47. The van der Waals surface area contributed by atoms with Gasteiger partial charge in [0.05, 0.1) is 0 Å². The molecule has 0 aliphatic carbocycles. The molecule has 0 saturated heterocycles. The summed E-state index contributed by atoms with van der Waals surface area (Å²) in [6.45, 7) is 12.0. The van der Waals surface area contributed by atoms with E-state index in [0.717, 1.165) is 3.67 Å². The fourth-order valence-electron chi connectivity index (χ4n) is 2.13. The van der Waals surface area contributed by atoms with Gasteiger partial charge in [-0.25, -0.2) is 0 Å². The zero-order valence-electron chi connectivity index (χ0n) is 11.6. The van der Waals surface area contributed by atoms with Crippen molar-refractivity contribution in [2.45, 2.75) is 59.0 Å². The number of rotatable bonds is 9. The van der Waals surface area contributed by atoms with E-state index >= 15 is 0 Å². The van der Waals surface area contributed by atoms with Crippen LogP contribution in [0.5, 0.6) is 0 Å². The second kappa shape index (κ2) is 10.0. The molecule has 0 fully saturated rings. The van der Waals surface area contributed by atoms with Crippen molar-refractivity contribution < 1.29 is 0 Å². The molecule has 0 unspecified atom stereocenters. The molecule has 0 N–H and O–H groups in total. The van der Waals surface area contributed by atoms with Gasteiger partial charge in [-0.2, -0.15) is 0 Å². The first-order valence-corrected chi connectivity index (χ1v) is 13.4. The summed E-state index contributed by atoms with van der Waals surface area (Å²) < 4.78 is 4.35. The summed E-state index contributed by atoms with van der Waals surface area (Å²) in [5, 5.41) is 0. The molecule has 0 radical (unpaired) electrons. The third-order valence-corrected chi connectivity index (χ3v) is 15.9. The van der Waals surface area contributed by atoms with Gasteiger partial charge in [-0.05, 0) is 0 Å². The predicted octanol–water partition coefficient (Wildman–Crippen LogP) is 4.03. The predicted molar refractivity (Wildman–Crippen MR) is 73.2 cm³/mol. The molecular weight excluding hydrogens is 285 g/mol. The molecule has 0 rings (SSSR count). The Kier molecular flexibility index (Phi) is 10.6. The zero-order valence-corrected chi connectivity index (χ0v) is 14.8. The van der Waals surface area contributed by atoms with Crippen molar-refractivity contribution in [2.24, 2.45) is 0 Å². The van der Waals surface area contributed by atoms with Crippen LogP contribution >= 0.6 is 0 Å². The van der Waals surface area contributed by atoms with E-state index in [0.29, 0.717) is 0 Å². The zero-order chi connectivity index (χ0) is 11.7. The molecule has 0 atom stereocenters. The second-order valence-electron chi connectivity index (χ2n) is 5.18. The van der Waals surface area contributed by atoms with Gasteiger partial charge >= 0.3 is 105 Å². The molecule has 0 heterocycles. The van der Waals surface area contributed by atoms with Gasteiger partial charge in [0.25, 0.3) is 0 Å². The molecule has 15 heavy (non-hydrogen) atoms. The van der Waals surface area contributed by atoms with Crippen LogP contribution in [0.4, 0.5) is 0 Å². The van der Waals surface area contributed by atoms with E-state index in [4.69, 9.17) is 0 Å². The molecule has 0 saturated carbocycles. The van der Waals surface area contributed by atoms with E-state index in [1.54, 1.807) is 8.35 Å². The average molecular weight is 315 g/mol. The van der Waals surface area contributed by atoms with Crippen molar-refractivity contribution in [3.63, 3.8) is 0 Å². The SMILES string of the molecule is CC[CH2][In]([CH2]CCCN(C)CC)[CH](C)C. The van der Waals surface area contributed by atoms with Crippen LogP contribution in [0.1, 0.15) is 47.0 Å². The molecule has 90 valence electrons. The Balaban J connectivity index is 3.53. The van der Waals surface area contributed by atoms with Gasteiger partial charge in [0.15, 0.2) is 0 Å². The Morgan fingerprint density at radius 3 is 2.20 bits per heavy atom. The number of nitrogens with zero attached hydrogens (tertiary/aromatic N) is 1. The normalized spacial score (nSPS) is 11.4. The van der Waals surface area contributed by atoms with E-state index in [9.17, 15) is 0 Å². The van der Waals surface area contributed by atoms with E-state index < -0.39 is 21.4 Å². The molecule has 0 bridgehead atoms. The molecule has 0 amide bonds. The molecule has 0 aliphatic rings. The van der Waals surface area contributed by atoms with Gasteiger partial charge < -0.3 is 0 Å². The van der Waals surface area contributed by atoms with Gasteiger partial charge in [0, 0.05) is 0 Å². The first kappa shape index (κ1) is 15.8. The van der Waals surface area contributed by atoms with Crippen LogP contribution in [0.3, 0.4) is 0 Å². The third-order valence-electron chi connectivity index (χ3n) is 3.51. The minimum absolute atomic E-state index is 1.08. The molecular formula is C13H30InN. The molecule has 0 spiro atoms. The van der Waals surface area contributed by atoms with Crippen molar-refractivity contribution >= 4 is 21.4 Å². The first-order valence-electron chi connectivity index (χ1n) is 6.80. The molecule has 0 aromatic heterocycles. The van der Waals surface area contributed by atoms with Crippen molar-refractivity contribution in [2.75, 3.05) is 20.1 Å². The van der Waals surface area contributed by atoms with Gasteiger partial charge in [-0.15, -0.1) is 0 Å². The summed E-state index contributed by atoms with van der Waals surface area (Å²) in [6.07, 6.45) is 4.37. The maximum atomic E-state index is 2.47. The van der Waals surface area contributed by atoms with Crippen LogP contribution in [0, 0.1) is 0 Å². The van der Waals surface area contributed by atoms with Crippen LogP contribution in [-0.4, -0.2) is 46.5 Å². The van der Waals surface area contributed by atoms with Crippen molar-refractivity contribution in [3.05, 3.63) is 0 Å². The van der Waals surface area contributed by atoms with Crippen LogP contribution < -0.4 is 0 Å². The number of unbranched alkanes of at least 4 members (excludes halogenated alkanes) is 1. The summed E-state index contributed by atoms with van der Waals surface area (Å²) in [4.78, 5) is 2.43. The van der Waals surface area contributed by atoms with E-state index in [-0.39, 0.29) is 0 Å². The summed E-state index contributed by atoms with van der Waals surface area (Å²) >= 11 is -1.09. The summed E-state index contributed by atoms with van der Waals surface area (Å²) in [5.41, 5.74) is 0. The van der Waals surface area contributed by atoms with Gasteiger partial charge in [0.2, 0.25) is 0 Å². The fraction of sp³-hybridized carbons (Fsp3) is 1.00. The van der Waals surface area contributed by atoms with E-state index in [1.807, 2.05) is 0 Å². The standard InChI is InChI=1S/C7H16N.2C3H7.In/c1-4-6-7-8(3)5-2;2*1-3-2;/h1,4-7H2,2-3H3;3H,1-2H3;1,3H2,2H3;. The fourth-order valence-corrected chi connectivity index (χ4v) is 11.2. The van der Waals surface area contributed by atoms with E-state index in [1.165, 1.54) is 32.4 Å². The van der Waals surface area contributed by atoms with Crippen LogP contribution in [0.15, 0.2) is 0 Å². The number of hydrogen-bond acceptors (Lipinski definition) is 1. The Morgan fingerprint density at radius 2 is 1.73 bits per heavy atom. The topological polar surface area (TPSA) is 3.24 Å². The molecule has 2 heteroatoms. The molecule has 1 nitrogen and oxygen atoms in total. The third kappa shape index (κ3) is 8.62. The quantitative estimate of drug-likeness (QED) is 0.581. The summed E-state index contributed by atoms with van der Waals surface area (Å²) in [5.74, 6) is 0. The average Bonchev–Trinajstić information content (AvgIpc) is 2.21. The molecule has 0 aromatic carbocycles. The van der Waals surface area contributed by atoms with Gasteiger partial charge in [-0.1, -0.05) is 0 Å². The summed E-state index contributed by atoms with van der Waals surface area (Å²) in [7, 11) is 2.23. The monoisotopic (exact) mass is 315 g/mol. The second-order valence-corrected chi connectivity index (χ2v) is 16.6.